The van der Waals surface area contributed by atoms with Crippen LogP contribution in [-0.2, 0) is 0 Å². The summed E-state index contributed by atoms with van der Waals surface area (Å²) in [4.78, 5) is 0. The smallest absolute Gasteiger partial charge is 0.263 e. The second kappa shape index (κ2) is 7.49. The number of halogens is 1. The quantitative estimate of drug-likeness (QED) is 0.463. The number of hydrogen-bond acceptors (Lipinski definition) is 3. The Bertz CT molecular complexity index is 622. The minimum Gasteiger partial charge on any atom is -0.263 e. The van der Waals surface area contributed by atoms with Crippen molar-refractivity contribution in [2.45, 2.75) is 0 Å². The minimum atomic E-state index is -2.82. The van der Waals surface area contributed by atoms with E-state index in [0.717, 1.165) is 0 Å². The Morgan fingerprint density at radius 2 is 0.739 bits per heavy atom. The standard InChI is InChI=1S/C18H15BrO3P/c19-23(20-16-10-4-1-5-11-16,21-17-12-6-2-7-13-17)22-18-14-8-3-9-15-18/h1-15H/q+1. The Labute approximate surface area is 144 Å². The Morgan fingerprint density at radius 1 is 0.478 bits per heavy atom. The van der Waals surface area contributed by atoms with Gasteiger partial charge in [-0.3, -0.25) is 13.6 Å². The molecule has 3 nitrogen and oxygen atoms in total. The summed E-state index contributed by atoms with van der Waals surface area (Å²) in [5.41, 5.74) is 0. The van der Waals surface area contributed by atoms with E-state index in [4.69, 9.17) is 13.6 Å². The Balaban J connectivity index is 1.85. The van der Waals surface area contributed by atoms with Crippen molar-refractivity contribution in [3.8, 4) is 17.2 Å². The molecule has 0 heterocycles. The molecular weight excluding hydrogens is 375 g/mol. The van der Waals surface area contributed by atoms with Gasteiger partial charge in [0, 0.05) is 0 Å². The number of para-hydroxylation sites is 3. The molecular formula is C18H15BrO3P+. The van der Waals surface area contributed by atoms with Crippen molar-refractivity contribution < 1.29 is 13.6 Å². The molecule has 0 radical (unpaired) electrons. The van der Waals surface area contributed by atoms with Crippen molar-refractivity contribution in [2.75, 3.05) is 0 Å². The predicted octanol–water partition coefficient (Wildman–Crippen LogP) is 6.30. The molecule has 0 bridgehead atoms. The zero-order valence-corrected chi connectivity index (χ0v) is 14.7. The Kier molecular flexibility index (Phi) is 5.16. The lowest BCUT2D eigenvalue weighted by molar-refractivity contribution is 0.381. The SMILES string of the molecule is Br[P+](Oc1ccccc1)(Oc1ccccc1)Oc1ccccc1. The molecule has 0 amide bonds. The molecule has 3 aromatic carbocycles. The molecule has 116 valence electrons. The fourth-order valence-corrected chi connectivity index (χ4v) is 4.61. The lowest BCUT2D eigenvalue weighted by Crippen LogP contribution is -2.09. The molecule has 0 fully saturated rings. The van der Waals surface area contributed by atoms with Gasteiger partial charge in [0.1, 0.15) is 0 Å². The largest absolute Gasteiger partial charge is 0.620 e. The van der Waals surface area contributed by atoms with E-state index in [1.54, 1.807) is 0 Å². The summed E-state index contributed by atoms with van der Waals surface area (Å²) in [5, 5.41) is 0. The van der Waals surface area contributed by atoms with Crippen molar-refractivity contribution >= 4 is 22.1 Å². The predicted molar refractivity (Wildman–Crippen MR) is 97.1 cm³/mol. The van der Waals surface area contributed by atoms with E-state index in [1.165, 1.54) is 0 Å². The van der Waals surface area contributed by atoms with Crippen LogP contribution in [0.2, 0.25) is 0 Å². The van der Waals surface area contributed by atoms with E-state index in [2.05, 4.69) is 15.5 Å². The molecule has 0 aliphatic rings. The van der Waals surface area contributed by atoms with Crippen LogP contribution in [-0.4, -0.2) is 0 Å². The second-order valence-electron chi connectivity index (χ2n) is 4.64. The maximum absolute atomic E-state index is 5.99. The molecule has 3 aromatic rings. The molecule has 0 atom stereocenters. The Hall–Kier alpha value is -2.03. The van der Waals surface area contributed by atoms with E-state index in [1.807, 2.05) is 91.0 Å². The normalized spacial score (nSPS) is 10.8. The fraction of sp³-hybridized carbons (Fsp3) is 0. The molecule has 0 aromatic heterocycles. The van der Waals surface area contributed by atoms with E-state index in [-0.39, 0.29) is 0 Å². The molecule has 3 rings (SSSR count). The summed E-state index contributed by atoms with van der Waals surface area (Å²) >= 11 is 3.54. The monoisotopic (exact) mass is 389 g/mol. The van der Waals surface area contributed by atoms with Gasteiger partial charge < -0.3 is 0 Å². The van der Waals surface area contributed by atoms with Gasteiger partial charge in [0.15, 0.2) is 17.2 Å². The topological polar surface area (TPSA) is 27.7 Å². The second-order valence-corrected chi connectivity index (χ2v) is 8.66. The van der Waals surface area contributed by atoms with E-state index in [0.29, 0.717) is 17.2 Å². The lowest BCUT2D eigenvalue weighted by atomic mass is 10.3. The van der Waals surface area contributed by atoms with E-state index < -0.39 is 6.65 Å². The van der Waals surface area contributed by atoms with Gasteiger partial charge in [-0.2, -0.15) is 0 Å². The van der Waals surface area contributed by atoms with Gasteiger partial charge in [-0.1, -0.05) is 54.6 Å². The van der Waals surface area contributed by atoms with Gasteiger partial charge in [0.05, 0.1) is 0 Å². The molecule has 0 aliphatic heterocycles. The third kappa shape index (κ3) is 4.72. The van der Waals surface area contributed by atoms with Gasteiger partial charge in [0.25, 0.3) is 15.5 Å². The van der Waals surface area contributed by atoms with Crippen LogP contribution in [0, 0.1) is 0 Å². The first kappa shape index (κ1) is 15.9. The average Bonchev–Trinajstić information content (AvgIpc) is 2.57. The summed E-state index contributed by atoms with van der Waals surface area (Å²) in [6.45, 7) is -2.82. The van der Waals surface area contributed by atoms with Crippen LogP contribution in [0.15, 0.2) is 91.0 Å². The molecule has 0 aliphatic carbocycles. The number of benzene rings is 3. The molecule has 23 heavy (non-hydrogen) atoms. The van der Waals surface area contributed by atoms with Gasteiger partial charge in [-0.15, -0.1) is 0 Å². The summed E-state index contributed by atoms with van der Waals surface area (Å²) in [5.74, 6) is 2.01. The van der Waals surface area contributed by atoms with Crippen LogP contribution in [0.4, 0.5) is 0 Å². The number of hydrogen-bond donors (Lipinski definition) is 0. The highest BCUT2D eigenvalue weighted by Gasteiger charge is 2.48. The summed E-state index contributed by atoms with van der Waals surface area (Å²) < 4.78 is 18.0. The molecule has 0 unspecified atom stereocenters. The highest BCUT2D eigenvalue weighted by Crippen LogP contribution is 2.66. The molecule has 0 N–H and O–H groups in total. The third-order valence-corrected chi connectivity index (χ3v) is 5.46. The highest BCUT2D eigenvalue weighted by molar-refractivity contribution is 9.40. The maximum atomic E-state index is 5.99. The fourth-order valence-electron chi connectivity index (χ4n) is 1.88. The maximum Gasteiger partial charge on any atom is 0.620 e. The van der Waals surface area contributed by atoms with E-state index >= 15 is 0 Å². The van der Waals surface area contributed by atoms with Crippen molar-refractivity contribution in [3.63, 3.8) is 0 Å². The molecule has 5 heteroatoms. The van der Waals surface area contributed by atoms with Crippen LogP contribution in [0.5, 0.6) is 17.2 Å². The average molecular weight is 390 g/mol. The zero-order valence-electron chi connectivity index (χ0n) is 12.2. The molecule has 0 saturated carbocycles. The first-order valence-corrected chi connectivity index (χ1v) is 10.6. The zero-order chi connectivity index (χ0) is 16.0. The van der Waals surface area contributed by atoms with Crippen LogP contribution in [0.25, 0.3) is 0 Å². The minimum absolute atomic E-state index is 0.671. The Morgan fingerprint density at radius 3 is 1.00 bits per heavy atom. The molecule has 0 spiro atoms. The first-order chi connectivity index (χ1) is 11.2. The van der Waals surface area contributed by atoms with Crippen molar-refractivity contribution in [1.82, 2.24) is 0 Å². The summed E-state index contributed by atoms with van der Waals surface area (Å²) in [6, 6.07) is 28.3. The van der Waals surface area contributed by atoms with Crippen LogP contribution < -0.4 is 13.6 Å². The van der Waals surface area contributed by atoms with Crippen LogP contribution in [0.3, 0.4) is 0 Å². The van der Waals surface area contributed by atoms with Gasteiger partial charge >= 0.3 is 6.65 Å². The third-order valence-electron chi connectivity index (χ3n) is 2.87. The van der Waals surface area contributed by atoms with Gasteiger partial charge in [0.2, 0.25) is 0 Å². The van der Waals surface area contributed by atoms with Crippen LogP contribution in [0.1, 0.15) is 0 Å². The highest BCUT2D eigenvalue weighted by atomic mass is 79.9. The van der Waals surface area contributed by atoms with Crippen molar-refractivity contribution in [1.29, 1.82) is 0 Å². The lowest BCUT2D eigenvalue weighted by Gasteiger charge is -2.16. The van der Waals surface area contributed by atoms with Gasteiger partial charge in [-0.25, -0.2) is 0 Å². The summed E-state index contributed by atoms with van der Waals surface area (Å²) in [7, 11) is 0. The van der Waals surface area contributed by atoms with Crippen molar-refractivity contribution in [2.24, 2.45) is 0 Å². The van der Waals surface area contributed by atoms with Crippen LogP contribution >= 0.6 is 22.1 Å². The first-order valence-electron chi connectivity index (χ1n) is 7.06. The molecule has 0 saturated heterocycles. The van der Waals surface area contributed by atoms with E-state index in [9.17, 15) is 0 Å². The van der Waals surface area contributed by atoms with Gasteiger partial charge in [-0.05, 0) is 36.4 Å². The van der Waals surface area contributed by atoms with Crippen molar-refractivity contribution in [3.05, 3.63) is 91.0 Å². The summed E-state index contributed by atoms with van der Waals surface area (Å²) in [6.07, 6.45) is 0. The number of rotatable bonds is 6.